The van der Waals surface area contributed by atoms with Gasteiger partial charge in [0.2, 0.25) is 5.91 Å². The third-order valence-electron chi connectivity index (χ3n) is 3.24. The molecule has 1 aliphatic heterocycles. The molecular formula is C14H20N2OS. The molecule has 1 atom stereocenters. The van der Waals surface area contributed by atoms with Crippen LogP contribution in [0.4, 0.5) is 0 Å². The fourth-order valence-electron chi connectivity index (χ4n) is 2.22. The molecule has 0 aromatic heterocycles. The summed E-state index contributed by atoms with van der Waals surface area (Å²) in [5.74, 6) is 2.24. The summed E-state index contributed by atoms with van der Waals surface area (Å²) in [6.07, 6.45) is 0. The van der Waals surface area contributed by atoms with Gasteiger partial charge in [0, 0.05) is 18.1 Å². The van der Waals surface area contributed by atoms with Crippen LogP contribution in [0.2, 0.25) is 0 Å². The molecule has 0 bridgehead atoms. The van der Waals surface area contributed by atoms with Crippen LogP contribution in [0.3, 0.4) is 0 Å². The van der Waals surface area contributed by atoms with Gasteiger partial charge in [0.25, 0.3) is 0 Å². The van der Waals surface area contributed by atoms with Gasteiger partial charge < -0.3 is 10.2 Å². The maximum atomic E-state index is 12.1. The van der Waals surface area contributed by atoms with Crippen LogP contribution in [0.1, 0.15) is 17.2 Å². The summed E-state index contributed by atoms with van der Waals surface area (Å²) in [5.41, 5.74) is 2.51. The topological polar surface area (TPSA) is 32.3 Å². The fourth-order valence-corrected chi connectivity index (χ4v) is 3.31. The smallest absolute Gasteiger partial charge is 0.237 e. The number of rotatable bonds is 3. The summed E-state index contributed by atoms with van der Waals surface area (Å²) in [6, 6.07) is 8.76. The van der Waals surface area contributed by atoms with Gasteiger partial charge >= 0.3 is 0 Å². The molecule has 0 aliphatic carbocycles. The van der Waals surface area contributed by atoms with E-state index in [0.717, 1.165) is 18.1 Å². The first-order valence-corrected chi connectivity index (χ1v) is 7.46. The van der Waals surface area contributed by atoms with Crippen LogP contribution >= 0.6 is 11.8 Å². The number of thioether (sulfide) groups is 1. The first-order valence-electron chi connectivity index (χ1n) is 6.30. The van der Waals surface area contributed by atoms with Crippen molar-refractivity contribution in [2.45, 2.75) is 13.0 Å². The first kappa shape index (κ1) is 13.4. The largest absolute Gasteiger partial charge is 0.333 e. The monoisotopic (exact) mass is 264 g/mol. The van der Waals surface area contributed by atoms with E-state index in [1.165, 1.54) is 11.1 Å². The predicted molar refractivity (Wildman–Crippen MR) is 76.9 cm³/mol. The Morgan fingerprint density at radius 2 is 2.17 bits per heavy atom. The van der Waals surface area contributed by atoms with Gasteiger partial charge in [-0.1, -0.05) is 29.8 Å². The van der Waals surface area contributed by atoms with Gasteiger partial charge in [-0.25, -0.2) is 0 Å². The molecule has 1 saturated heterocycles. The summed E-state index contributed by atoms with van der Waals surface area (Å²) in [4.78, 5) is 14.1. The number of benzene rings is 1. The normalized spacial score (nSPS) is 19.9. The summed E-state index contributed by atoms with van der Waals surface area (Å²) >= 11 is 1.93. The molecule has 1 heterocycles. The quantitative estimate of drug-likeness (QED) is 0.904. The highest BCUT2D eigenvalue weighted by Crippen LogP contribution is 2.29. The number of carbonyl (C=O) groups excluding carboxylic acids is 1. The molecule has 1 aromatic carbocycles. The Hall–Kier alpha value is -1.00. The van der Waals surface area contributed by atoms with Crippen molar-refractivity contribution in [3.05, 3.63) is 35.4 Å². The Morgan fingerprint density at radius 1 is 1.44 bits per heavy atom. The van der Waals surface area contributed by atoms with E-state index in [1.54, 1.807) is 0 Å². The van der Waals surface area contributed by atoms with E-state index in [9.17, 15) is 4.79 Å². The maximum Gasteiger partial charge on any atom is 0.237 e. The van der Waals surface area contributed by atoms with Gasteiger partial charge in [-0.2, -0.15) is 11.8 Å². The van der Waals surface area contributed by atoms with Crippen LogP contribution < -0.4 is 5.32 Å². The van der Waals surface area contributed by atoms with Crippen molar-refractivity contribution in [3.8, 4) is 0 Å². The van der Waals surface area contributed by atoms with E-state index < -0.39 is 0 Å². The number of nitrogens with zero attached hydrogens (tertiary/aromatic N) is 1. The molecule has 18 heavy (non-hydrogen) atoms. The van der Waals surface area contributed by atoms with Crippen molar-refractivity contribution in [1.29, 1.82) is 0 Å². The van der Waals surface area contributed by atoms with Gasteiger partial charge in [-0.3, -0.25) is 4.79 Å². The maximum absolute atomic E-state index is 12.1. The van der Waals surface area contributed by atoms with Crippen molar-refractivity contribution >= 4 is 17.7 Å². The molecule has 1 amide bonds. The predicted octanol–water partition coefficient (Wildman–Crippen LogP) is 1.83. The van der Waals surface area contributed by atoms with Gasteiger partial charge in [-0.05, 0) is 19.5 Å². The molecular weight excluding hydrogens is 244 g/mol. The zero-order valence-corrected chi connectivity index (χ0v) is 11.8. The van der Waals surface area contributed by atoms with Crippen LogP contribution in [0.5, 0.6) is 0 Å². The van der Waals surface area contributed by atoms with Gasteiger partial charge in [0.05, 0.1) is 12.6 Å². The average molecular weight is 264 g/mol. The molecule has 1 unspecified atom stereocenters. The Kier molecular flexibility index (Phi) is 4.66. The van der Waals surface area contributed by atoms with E-state index in [4.69, 9.17) is 0 Å². The third-order valence-corrected chi connectivity index (χ3v) is 4.26. The summed E-state index contributed by atoms with van der Waals surface area (Å²) in [5, 5.41) is 2.95. The fraction of sp³-hybridized carbons (Fsp3) is 0.500. The van der Waals surface area contributed by atoms with Gasteiger partial charge in [-0.15, -0.1) is 0 Å². The van der Waals surface area contributed by atoms with E-state index in [0.29, 0.717) is 6.54 Å². The minimum atomic E-state index is 0.198. The number of nitrogens with one attached hydrogen (secondary N) is 1. The molecule has 4 heteroatoms. The lowest BCUT2D eigenvalue weighted by molar-refractivity contribution is -0.132. The van der Waals surface area contributed by atoms with Gasteiger partial charge in [0.15, 0.2) is 0 Å². The SMILES string of the molecule is CNCC(=O)N1CCSCC1c1ccc(C)cc1. The molecule has 1 aromatic rings. The first-order chi connectivity index (χ1) is 8.72. The van der Waals surface area contributed by atoms with Crippen molar-refractivity contribution in [1.82, 2.24) is 10.2 Å². The highest BCUT2D eigenvalue weighted by molar-refractivity contribution is 7.99. The molecule has 3 nitrogen and oxygen atoms in total. The molecule has 0 spiro atoms. The standard InChI is InChI=1S/C14H20N2OS/c1-11-3-5-12(6-4-11)13-10-18-8-7-16(13)14(17)9-15-2/h3-6,13,15H,7-10H2,1-2H3. The van der Waals surface area contributed by atoms with E-state index in [1.807, 2.05) is 23.7 Å². The number of hydrogen-bond acceptors (Lipinski definition) is 3. The highest BCUT2D eigenvalue weighted by Gasteiger charge is 2.27. The lowest BCUT2D eigenvalue weighted by Gasteiger charge is -2.36. The third kappa shape index (κ3) is 3.06. The average Bonchev–Trinajstić information content (AvgIpc) is 2.40. The van der Waals surface area contributed by atoms with Crippen LogP contribution in [0.25, 0.3) is 0 Å². The minimum absolute atomic E-state index is 0.198. The number of likely N-dealkylation sites (N-methyl/N-ethyl adjacent to an activating group) is 1. The molecule has 98 valence electrons. The van der Waals surface area contributed by atoms with E-state index in [2.05, 4.69) is 36.5 Å². The summed E-state index contributed by atoms with van der Waals surface area (Å²) < 4.78 is 0. The summed E-state index contributed by atoms with van der Waals surface area (Å²) in [7, 11) is 1.82. The lowest BCUT2D eigenvalue weighted by atomic mass is 10.0. The second-order valence-electron chi connectivity index (χ2n) is 4.62. The Morgan fingerprint density at radius 3 is 2.83 bits per heavy atom. The summed E-state index contributed by atoms with van der Waals surface area (Å²) in [6.45, 7) is 3.36. The number of hydrogen-bond donors (Lipinski definition) is 1. The number of carbonyl (C=O) groups is 1. The lowest BCUT2D eigenvalue weighted by Crippen LogP contribution is -2.44. The Labute approximate surface area is 113 Å². The number of aryl methyl sites for hydroxylation is 1. The molecule has 0 radical (unpaired) electrons. The van der Waals surface area contributed by atoms with Crippen LogP contribution in [0.15, 0.2) is 24.3 Å². The van der Waals surface area contributed by atoms with Crippen LogP contribution in [0, 0.1) is 6.92 Å². The van der Waals surface area contributed by atoms with Crippen molar-refractivity contribution in [2.24, 2.45) is 0 Å². The zero-order valence-electron chi connectivity index (χ0n) is 11.0. The second-order valence-corrected chi connectivity index (χ2v) is 5.77. The zero-order chi connectivity index (χ0) is 13.0. The van der Waals surface area contributed by atoms with Crippen LogP contribution in [-0.2, 0) is 4.79 Å². The van der Waals surface area contributed by atoms with Crippen molar-refractivity contribution < 1.29 is 4.79 Å². The Bertz CT molecular complexity index is 405. The van der Waals surface area contributed by atoms with Crippen LogP contribution in [-0.4, -0.2) is 42.4 Å². The molecule has 1 aliphatic rings. The van der Waals surface area contributed by atoms with E-state index >= 15 is 0 Å². The molecule has 2 rings (SSSR count). The van der Waals surface area contributed by atoms with E-state index in [-0.39, 0.29) is 11.9 Å². The van der Waals surface area contributed by atoms with Crippen molar-refractivity contribution in [3.63, 3.8) is 0 Å². The minimum Gasteiger partial charge on any atom is -0.333 e. The van der Waals surface area contributed by atoms with Crippen molar-refractivity contribution in [2.75, 3.05) is 31.6 Å². The molecule has 0 saturated carbocycles. The Balaban J connectivity index is 2.17. The highest BCUT2D eigenvalue weighted by atomic mass is 32.2. The number of amides is 1. The van der Waals surface area contributed by atoms with Gasteiger partial charge in [0.1, 0.15) is 0 Å². The molecule has 1 N–H and O–H groups in total. The second kappa shape index (κ2) is 6.25. The molecule has 1 fully saturated rings.